The molecule has 0 radical (unpaired) electrons. The maximum atomic E-state index is 13.8. The van der Waals surface area contributed by atoms with Crippen molar-refractivity contribution >= 4 is 41.3 Å². The van der Waals surface area contributed by atoms with Crippen LogP contribution in [-0.2, 0) is 41.0 Å². The van der Waals surface area contributed by atoms with Crippen molar-refractivity contribution in [3.63, 3.8) is 0 Å². The van der Waals surface area contributed by atoms with Crippen molar-refractivity contribution in [1.29, 1.82) is 0 Å². The molecule has 11 nitrogen and oxygen atoms in total. The van der Waals surface area contributed by atoms with Crippen molar-refractivity contribution < 1.29 is 37.6 Å². The molecule has 0 amide bonds. The molecule has 1 N–H and O–H groups in total. The number of H-pyrrole nitrogens is 1. The van der Waals surface area contributed by atoms with Gasteiger partial charge in [-0.15, -0.1) is 0 Å². The largest absolute Gasteiger partial charge is 0.510 e. The minimum absolute atomic E-state index is 0.140. The molecular formula is C27H35N2O9PS. The molecule has 0 bridgehead atoms. The normalized spacial score (nSPS) is 14.6. The molecule has 0 aliphatic carbocycles. The lowest BCUT2D eigenvalue weighted by Crippen LogP contribution is -2.19. The number of pyridine rings is 1. The van der Waals surface area contributed by atoms with E-state index in [-0.39, 0.29) is 17.6 Å². The third kappa shape index (κ3) is 9.46. The highest BCUT2D eigenvalue weighted by atomic mass is 32.7. The summed E-state index contributed by atoms with van der Waals surface area (Å²) in [6.45, 7) is 4.91. The van der Waals surface area contributed by atoms with Crippen LogP contribution in [0.5, 0.6) is 0 Å². The van der Waals surface area contributed by atoms with E-state index in [1.807, 2.05) is 25.1 Å². The Morgan fingerprint density at radius 3 is 2.27 bits per heavy atom. The Hall–Kier alpha value is -3.21. The van der Waals surface area contributed by atoms with Gasteiger partial charge in [0, 0.05) is 29.8 Å². The summed E-state index contributed by atoms with van der Waals surface area (Å²) in [6.07, 6.45) is 1.01. The predicted molar refractivity (Wildman–Crippen MR) is 153 cm³/mol. The lowest BCUT2D eigenvalue weighted by molar-refractivity contribution is -0.00557. The molecule has 2 heterocycles. The molecule has 1 unspecified atom stereocenters. The number of benzene rings is 1. The molecule has 0 saturated heterocycles. The third-order valence-electron chi connectivity index (χ3n) is 5.50. The van der Waals surface area contributed by atoms with E-state index in [1.54, 1.807) is 39.8 Å². The van der Waals surface area contributed by atoms with Gasteiger partial charge in [-0.1, -0.05) is 17.7 Å². The van der Waals surface area contributed by atoms with E-state index in [1.165, 1.54) is 11.6 Å². The Morgan fingerprint density at radius 2 is 1.62 bits per heavy atom. The summed E-state index contributed by atoms with van der Waals surface area (Å²) >= 11 is 0.759. The van der Waals surface area contributed by atoms with Gasteiger partial charge in [0.1, 0.15) is 5.94 Å². The number of hydrogen-bond acceptors (Lipinski definition) is 11. The fourth-order valence-electron chi connectivity index (χ4n) is 3.73. The molecule has 3 rings (SSSR count). The number of nitrogens with zero attached hydrogens (tertiary/aromatic N) is 1. The smallest absolute Gasteiger partial charge is 0.432 e. The third-order valence-corrected chi connectivity index (χ3v) is 9.72. The fourth-order valence-corrected chi connectivity index (χ4v) is 6.84. The van der Waals surface area contributed by atoms with E-state index in [2.05, 4.69) is 16.1 Å². The number of anilines is 1. The number of aryl methyl sites for hydroxylation is 1. The summed E-state index contributed by atoms with van der Waals surface area (Å²) in [5.41, 5.74) is 3.74. The van der Waals surface area contributed by atoms with E-state index >= 15 is 0 Å². The van der Waals surface area contributed by atoms with Crippen LogP contribution in [0.4, 0.5) is 15.3 Å². The van der Waals surface area contributed by atoms with E-state index in [9.17, 15) is 18.9 Å². The number of rotatable bonds is 11. The molecule has 0 fully saturated rings. The second kappa shape index (κ2) is 14.4. The van der Waals surface area contributed by atoms with Crippen LogP contribution < -0.4 is 15.8 Å². The molecule has 1 aromatic heterocycles. The molecule has 0 saturated carbocycles. The lowest BCUT2D eigenvalue weighted by atomic mass is 10.1. The molecule has 1 aromatic carbocycles. The second-order valence-electron chi connectivity index (χ2n) is 9.57. The van der Waals surface area contributed by atoms with Crippen LogP contribution in [0.25, 0.3) is 0 Å². The summed E-state index contributed by atoms with van der Waals surface area (Å²) in [7, 11) is 0. The van der Waals surface area contributed by atoms with Crippen LogP contribution in [-0.4, -0.2) is 42.2 Å². The number of aromatic nitrogens is 1. The Morgan fingerprint density at radius 1 is 0.975 bits per heavy atom. The zero-order valence-electron chi connectivity index (χ0n) is 23.2. The minimum atomic E-state index is -3.70. The van der Waals surface area contributed by atoms with Crippen molar-refractivity contribution in [3.8, 4) is 0 Å². The number of aromatic amines is 1. The van der Waals surface area contributed by atoms with Crippen molar-refractivity contribution in [2.45, 2.75) is 66.2 Å². The number of carbonyl (C=O) groups excluding carboxylic acids is 2. The zero-order valence-corrected chi connectivity index (χ0v) is 24.9. The monoisotopic (exact) mass is 594 g/mol. The van der Waals surface area contributed by atoms with Crippen molar-refractivity contribution in [2.75, 3.05) is 17.6 Å². The highest BCUT2D eigenvalue weighted by Gasteiger charge is 2.29. The number of hydrogen-bond donors (Lipinski definition) is 1. The van der Waals surface area contributed by atoms with Gasteiger partial charge < -0.3 is 28.8 Å². The first-order valence-corrected chi connectivity index (χ1v) is 16.0. The molecule has 40 heavy (non-hydrogen) atoms. The van der Waals surface area contributed by atoms with Crippen LogP contribution in [0.2, 0.25) is 0 Å². The topological polar surface area (TPSA) is 133 Å². The number of carbonyl (C=O) groups is 2. The first kappa shape index (κ1) is 31.3. The van der Waals surface area contributed by atoms with E-state index < -0.39 is 31.8 Å². The average molecular weight is 595 g/mol. The summed E-state index contributed by atoms with van der Waals surface area (Å²) in [4.78, 5) is 40.3. The number of nitrogens with one attached hydrogen (secondary N) is 1. The van der Waals surface area contributed by atoms with Crippen molar-refractivity contribution in [3.05, 3.63) is 69.8 Å². The summed E-state index contributed by atoms with van der Waals surface area (Å²) < 4.78 is 39.1. The van der Waals surface area contributed by atoms with Gasteiger partial charge in [-0.2, -0.15) is 0 Å². The first-order chi connectivity index (χ1) is 18.9. The minimum Gasteiger partial charge on any atom is -0.432 e. The molecule has 1 atom stereocenters. The van der Waals surface area contributed by atoms with Crippen LogP contribution >= 0.6 is 18.0 Å². The van der Waals surface area contributed by atoms with Gasteiger partial charge in [-0.3, -0.25) is 13.9 Å². The fraction of sp³-hybridized carbons (Fsp3) is 0.444. The SMILES string of the molecule is CC1=CN(Cc2ccc(P(=O)(OCOC(=O)OC(C)C)SCOC(=O)OC(C)C)cc2)c2ccc(=O)[nH]c2CC1. The molecule has 218 valence electrons. The van der Waals surface area contributed by atoms with Crippen LogP contribution in [0.3, 0.4) is 0 Å². The number of ether oxygens (including phenoxy) is 4. The highest BCUT2D eigenvalue weighted by Crippen LogP contribution is 2.58. The van der Waals surface area contributed by atoms with Gasteiger partial charge in [0.15, 0.2) is 0 Å². The Kier molecular flexibility index (Phi) is 11.3. The molecule has 1 aliphatic heterocycles. The van der Waals surface area contributed by atoms with E-state index in [0.717, 1.165) is 41.2 Å². The summed E-state index contributed by atoms with van der Waals surface area (Å²) in [6, 6.07) is 10.3. The first-order valence-electron chi connectivity index (χ1n) is 12.8. The van der Waals surface area contributed by atoms with Gasteiger partial charge in [0.25, 0.3) is 6.57 Å². The maximum absolute atomic E-state index is 13.8. The van der Waals surface area contributed by atoms with Crippen molar-refractivity contribution in [2.24, 2.45) is 0 Å². The summed E-state index contributed by atoms with van der Waals surface area (Å²) in [5, 5.41) is 0.329. The van der Waals surface area contributed by atoms with Gasteiger partial charge in [-0.05, 0) is 82.6 Å². The van der Waals surface area contributed by atoms with E-state index in [4.69, 9.17) is 23.5 Å². The average Bonchev–Trinajstić information content (AvgIpc) is 3.01. The van der Waals surface area contributed by atoms with E-state index in [0.29, 0.717) is 11.8 Å². The van der Waals surface area contributed by atoms with Crippen LogP contribution in [0.1, 0.15) is 52.3 Å². The predicted octanol–water partition coefficient (Wildman–Crippen LogP) is 5.84. The Bertz CT molecular complexity index is 1280. The van der Waals surface area contributed by atoms with Gasteiger partial charge >= 0.3 is 12.3 Å². The van der Waals surface area contributed by atoms with Gasteiger partial charge in [0.05, 0.1) is 17.9 Å². The Balaban J connectivity index is 1.76. The molecule has 0 spiro atoms. The number of fused-ring (bicyclic) bond motifs is 1. The maximum Gasteiger partial charge on any atom is 0.510 e. The molecular weight excluding hydrogens is 559 g/mol. The lowest BCUT2D eigenvalue weighted by Gasteiger charge is -2.23. The van der Waals surface area contributed by atoms with Crippen LogP contribution in [0.15, 0.2) is 53.0 Å². The highest BCUT2D eigenvalue weighted by molar-refractivity contribution is 8.58. The molecule has 1 aliphatic rings. The number of allylic oxidation sites excluding steroid dienone is 1. The van der Waals surface area contributed by atoms with Gasteiger partial charge in [-0.25, -0.2) is 9.59 Å². The summed E-state index contributed by atoms with van der Waals surface area (Å²) in [5.74, 6) is -0.312. The Labute approximate surface area is 237 Å². The quantitative estimate of drug-likeness (QED) is 0.191. The van der Waals surface area contributed by atoms with Crippen molar-refractivity contribution in [1.82, 2.24) is 4.98 Å². The second-order valence-corrected chi connectivity index (χ2v) is 14.0. The van der Waals surface area contributed by atoms with Crippen LogP contribution in [0, 0.1) is 0 Å². The molecule has 13 heteroatoms. The molecule has 2 aromatic rings. The van der Waals surface area contributed by atoms with Gasteiger partial charge in [0.2, 0.25) is 12.4 Å². The zero-order chi connectivity index (χ0) is 29.3. The standard InChI is InChI=1S/C27H35N2O9PS/c1-18(2)37-26(31)34-16-36-39(33,40-17-35-27(32)38-19(3)4)22-9-7-21(8-10-22)15-29-14-20(5)6-11-23-24(29)12-13-25(30)28-23/h7-10,12-14,18-19H,6,11,15-17H2,1-5H3,(H,28,30).